The SMILES string of the molecule is O=C(/C=C/c1cccc(O)c1)/C=C/c1ccccc1O. The van der Waals surface area contributed by atoms with Crippen LogP contribution in [0.2, 0.25) is 0 Å². The Morgan fingerprint density at radius 1 is 0.900 bits per heavy atom. The average molecular weight is 266 g/mol. The molecule has 2 N–H and O–H groups in total. The second kappa shape index (κ2) is 6.38. The molecule has 0 amide bonds. The minimum atomic E-state index is -0.198. The summed E-state index contributed by atoms with van der Waals surface area (Å²) in [6, 6.07) is 13.4. The van der Waals surface area contributed by atoms with E-state index >= 15 is 0 Å². The van der Waals surface area contributed by atoms with Gasteiger partial charge in [-0.15, -0.1) is 0 Å². The van der Waals surface area contributed by atoms with Crippen LogP contribution in [0.15, 0.2) is 60.7 Å². The number of hydrogen-bond donors (Lipinski definition) is 2. The summed E-state index contributed by atoms with van der Waals surface area (Å²) in [5.74, 6) is 0.0921. The first-order chi connectivity index (χ1) is 9.65. The number of carbonyl (C=O) groups is 1. The molecule has 0 bridgehead atoms. The van der Waals surface area contributed by atoms with E-state index in [0.29, 0.717) is 5.56 Å². The molecule has 0 aliphatic carbocycles. The summed E-state index contributed by atoms with van der Waals surface area (Å²) >= 11 is 0. The Morgan fingerprint density at radius 2 is 1.65 bits per heavy atom. The molecule has 3 heteroatoms. The number of phenolic OH excluding ortho intramolecular Hbond substituents is 2. The summed E-state index contributed by atoms with van der Waals surface area (Å²) in [5.41, 5.74) is 1.33. The first-order valence-electron chi connectivity index (χ1n) is 6.12. The lowest BCUT2D eigenvalue weighted by Crippen LogP contribution is -1.85. The van der Waals surface area contributed by atoms with Crippen LogP contribution in [-0.4, -0.2) is 16.0 Å². The Labute approximate surface area is 117 Å². The number of allylic oxidation sites excluding steroid dienone is 2. The number of benzene rings is 2. The van der Waals surface area contributed by atoms with E-state index in [2.05, 4.69) is 0 Å². The van der Waals surface area contributed by atoms with Crippen molar-refractivity contribution in [2.45, 2.75) is 0 Å². The highest BCUT2D eigenvalue weighted by atomic mass is 16.3. The number of ketones is 1. The van der Waals surface area contributed by atoms with E-state index in [0.717, 1.165) is 5.56 Å². The van der Waals surface area contributed by atoms with Gasteiger partial charge in [0.15, 0.2) is 5.78 Å². The lowest BCUT2D eigenvalue weighted by Gasteiger charge is -1.96. The molecule has 0 spiro atoms. The fourth-order valence-corrected chi connectivity index (χ4v) is 1.66. The molecular weight excluding hydrogens is 252 g/mol. The predicted molar refractivity (Wildman–Crippen MR) is 79.3 cm³/mol. The lowest BCUT2D eigenvalue weighted by atomic mass is 10.1. The Hall–Kier alpha value is -2.81. The molecule has 0 aromatic heterocycles. The largest absolute Gasteiger partial charge is 0.508 e. The Balaban J connectivity index is 2.04. The summed E-state index contributed by atoms with van der Waals surface area (Å²) in [7, 11) is 0. The van der Waals surface area contributed by atoms with Gasteiger partial charge in [0.2, 0.25) is 0 Å². The van der Waals surface area contributed by atoms with Crippen molar-refractivity contribution >= 4 is 17.9 Å². The van der Waals surface area contributed by atoms with Crippen LogP contribution < -0.4 is 0 Å². The molecule has 0 saturated heterocycles. The maximum absolute atomic E-state index is 11.7. The van der Waals surface area contributed by atoms with Gasteiger partial charge in [-0.2, -0.15) is 0 Å². The highest BCUT2D eigenvalue weighted by molar-refractivity contribution is 6.04. The zero-order valence-corrected chi connectivity index (χ0v) is 10.7. The molecule has 0 unspecified atom stereocenters. The second-order valence-electron chi connectivity index (χ2n) is 4.22. The Bertz CT molecular complexity index is 669. The molecule has 0 aliphatic rings. The first kappa shape index (κ1) is 13.6. The molecular formula is C17H14O3. The van der Waals surface area contributed by atoms with Crippen LogP contribution in [0.25, 0.3) is 12.2 Å². The molecule has 0 aliphatic heterocycles. The van der Waals surface area contributed by atoms with Gasteiger partial charge in [0.05, 0.1) is 0 Å². The van der Waals surface area contributed by atoms with Crippen LogP contribution in [0.4, 0.5) is 0 Å². The molecule has 0 atom stereocenters. The molecule has 2 aromatic rings. The summed E-state index contributed by atoms with van der Waals surface area (Å²) in [5, 5.41) is 18.9. The van der Waals surface area contributed by atoms with Gasteiger partial charge in [-0.25, -0.2) is 0 Å². The Morgan fingerprint density at radius 3 is 2.40 bits per heavy atom. The zero-order valence-electron chi connectivity index (χ0n) is 10.7. The van der Waals surface area contributed by atoms with Crippen molar-refractivity contribution in [1.29, 1.82) is 0 Å². The van der Waals surface area contributed by atoms with Crippen LogP contribution in [0.3, 0.4) is 0 Å². The van der Waals surface area contributed by atoms with Crippen molar-refractivity contribution in [3.05, 3.63) is 71.8 Å². The monoisotopic (exact) mass is 266 g/mol. The average Bonchev–Trinajstić information content (AvgIpc) is 2.44. The van der Waals surface area contributed by atoms with E-state index in [1.54, 1.807) is 60.7 Å². The van der Waals surface area contributed by atoms with Crippen molar-refractivity contribution in [3.63, 3.8) is 0 Å². The van der Waals surface area contributed by atoms with Gasteiger partial charge in [-0.05, 0) is 42.0 Å². The van der Waals surface area contributed by atoms with Crippen LogP contribution in [0.1, 0.15) is 11.1 Å². The Kier molecular flexibility index (Phi) is 4.35. The molecule has 2 rings (SSSR count). The molecule has 100 valence electrons. The van der Waals surface area contributed by atoms with Gasteiger partial charge in [0.1, 0.15) is 11.5 Å². The minimum absolute atomic E-state index is 0.133. The van der Waals surface area contributed by atoms with Gasteiger partial charge < -0.3 is 10.2 Å². The van der Waals surface area contributed by atoms with Crippen LogP contribution in [0, 0.1) is 0 Å². The quantitative estimate of drug-likeness (QED) is 0.834. The number of phenols is 2. The molecule has 2 aromatic carbocycles. The summed E-state index contributed by atoms with van der Waals surface area (Å²) in [6.45, 7) is 0. The topological polar surface area (TPSA) is 57.5 Å². The predicted octanol–water partition coefficient (Wildman–Crippen LogP) is 3.39. The third-order valence-electron chi connectivity index (χ3n) is 2.67. The van der Waals surface area contributed by atoms with Gasteiger partial charge >= 0.3 is 0 Å². The second-order valence-corrected chi connectivity index (χ2v) is 4.22. The number of aromatic hydroxyl groups is 2. The standard InChI is InChI=1S/C17H14O3/c18-15(10-8-13-4-3-6-16(19)12-13)11-9-14-5-1-2-7-17(14)20/h1-12,19-20H/b10-8+,11-9+. The third kappa shape index (κ3) is 3.85. The smallest absolute Gasteiger partial charge is 0.178 e. The first-order valence-corrected chi connectivity index (χ1v) is 6.12. The zero-order chi connectivity index (χ0) is 14.4. The molecule has 20 heavy (non-hydrogen) atoms. The van der Waals surface area contributed by atoms with Crippen molar-refractivity contribution in [2.24, 2.45) is 0 Å². The van der Waals surface area contributed by atoms with E-state index in [1.165, 1.54) is 12.2 Å². The van der Waals surface area contributed by atoms with Gasteiger partial charge in [-0.1, -0.05) is 36.4 Å². The summed E-state index contributed by atoms with van der Waals surface area (Å²) in [4.78, 5) is 11.7. The lowest BCUT2D eigenvalue weighted by molar-refractivity contribution is -0.110. The molecule has 0 fully saturated rings. The fourth-order valence-electron chi connectivity index (χ4n) is 1.66. The normalized spacial score (nSPS) is 11.2. The van der Waals surface area contributed by atoms with E-state index < -0.39 is 0 Å². The molecule has 0 saturated carbocycles. The summed E-state index contributed by atoms with van der Waals surface area (Å²) in [6.07, 6.45) is 5.97. The minimum Gasteiger partial charge on any atom is -0.508 e. The molecule has 0 radical (unpaired) electrons. The van der Waals surface area contributed by atoms with Crippen LogP contribution in [-0.2, 0) is 4.79 Å². The number of carbonyl (C=O) groups excluding carboxylic acids is 1. The highest BCUT2D eigenvalue weighted by Crippen LogP contribution is 2.17. The maximum Gasteiger partial charge on any atom is 0.178 e. The number of rotatable bonds is 4. The van der Waals surface area contributed by atoms with Gasteiger partial charge in [-0.3, -0.25) is 4.79 Å². The van der Waals surface area contributed by atoms with Gasteiger partial charge in [0, 0.05) is 5.56 Å². The number of para-hydroxylation sites is 1. The van der Waals surface area contributed by atoms with Crippen molar-refractivity contribution in [1.82, 2.24) is 0 Å². The van der Waals surface area contributed by atoms with E-state index in [9.17, 15) is 15.0 Å². The van der Waals surface area contributed by atoms with Crippen molar-refractivity contribution in [3.8, 4) is 11.5 Å². The van der Waals surface area contributed by atoms with E-state index in [-0.39, 0.29) is 17.3 Å². The van der Waals surface area contributed by atoms with Gasteiger partial charge in [0.25, 0.3) is 0 Å². The third-order valence-corrected chi connectivity index (χ3v) is 2.67. The van der Waals surface area contributed by atoms with Crippen LogP contribution >= 0.6 is 0 Å². The maximum atomic E-state index is 11.7. The van der Waals surface area contributed by atoms with E-state index in [4.69, 9.17) is 0 Å². The van der Waals surface area contributed by atoms with Crippen molar-refractivity contribution in [2.75, 3.05) is 0 Å². The van der Waals surface area contributed by atoms with E-state index in [1.807, 2.05) is 0 Å². The summed E-state index contributed by atoms with van der Waals surface area (Å²) < 4.78 is 0. The molecule has 3 nitrogen and oxygen atoms in total. The van der Waals surface area contributed by atoms with Crippen molar-refractivity contribution < 1.29 is 15.0 Å². The number of hydrogen-bond acceptors (Lipinski definition) is 3. The fraction of sp³-hybridized carbons (Fsp3) is 0. The highest BCUT2D eigenvalue weighted by Gasteiger charge is 1.96. The van der Waals surface area contributed by atoms with Crippen LogP contribution in [0.5, 0.6) is 11.5 Å². The molecule has 0 heterocycles.